The van der Waals surface area contributed by atoms with E-state index in [1.807, 2.05) is 31.2 Å². The number of rotatable bonds is 4. The molecule has 1 saturated carbocycles. The molecule has 1 saturated heterocycles. The fraction of sp³-hybridized carbons (Fsp3) is 0.647. The Morgan fingerprint density at radius 2 is 2.15 bits per heavy atom. The molecule has 1 aromatic rings. The van der Waals surface area contributed by atoms with Crippen LogP contribution < -0.4 is 10.5 Å². The third kappa shape index (κ3) is 2.99. The summed E-state index contributed by atoms with van der Waals surface area (Å²) < 4.78 is 12.2. The van der Waals surface area contributed by atoms with E-state index in [1.54, 1.807) is 0 Å². The molecule has 2 aliphatic rings. The van der Waals surface area contributed by atoms with Crippen molar-refractivity contribution in [3.05, 3.63) is 29.8 Å². The molecule has 3 nitrogen and oxygen atoms in total. The largest absolute Gasteiger partial charge is 0.491 e. The summed E-state index contributed by atoms with van der Waals surface area (Å²) in [5, 5.41) is 0. The molecule has 2 atom stereocenters. The second-order valence-corrected chi connectivity index (χ2v) is 6.34. The molecular weight excluding hydrogens is 250 g/mol. The lowest BCUT2D eigenvalue weighted by molar-refractivity contribution is -0.0508. The second-order valence-electron chi connectivity index (χ2n) is 6.34. The fourth-order valence-electron chi connectivity index (χ4n) is 3.48. The molecule has 2 N–H and O–H groups in total. The van der Waals surface area contributed by atoms with Gasteiger partial charge in [0.2, 0.25) is 0 Å². The smallest absolute Gasteiger partial charge is 0.119 e. The predicted molar refractivity (Wildman–Crippen MR) is 79.8 cm³/mol. The van der Waals surface area contributed by atoms with Gasteiger partial charge in [-0.1, -0.05) is 25.0 Å². The topological polar surface area (TPSA) is 44.5 Å². The highest BCUT2D eigenvalue weighted by atomic mass is 16.6. The van der Waals surface area contributed by atoms with Crippen LogP contribution in [0.4, 0.5) is 0 Å². The molecular formula is C17H25NO2. The summed E-state index contributed by atoms with van der Waals surface area (Å²) in [7, 11) is 0. The van der Waals surface area contributed by atoms with Crippen molar-refractivity contribution in [3.63, 3.8) is 0 Å². The standard InChI is InChI=1S/C17H25NO2/c1-13(18)14-5-4-6-15(11-14)19-12-16-7-10-17(20-16)8-2-3-9-17/h4-6,11,13,16H,2-3,7-10,12,18H2,1H3/t13-,16?/m0/s1. The van der Waals surface area contributed by atoms with E-state index in [9.17, 15) is 0 Å². The highest BCUT2D eigenvalue weighted by Crippen LogP contribution is 2.43. The summed E-state index contributed by atoms with van der Waals surface area (Å²) in [5.41, 5.74) is 7.21. The first-order valence-electron chi connectivity index (χ1n) is 7.83. The van der Waals surface area contributed by atoms with Crippen LogP contribution in [-0.2, 0) is 4.74 Å². The molecule has 20 heavy (non-hydrogen) atoms. The van der Waals surface area contributed by atoms with Gasteiger partial charge in [0.05, 0.1) is 11.7 Å². The highest BCUT2D eigenvalue weighted by molar-refractivity contribution is 5.30. The normalized spacial score (nSPS) is 26.0. The molecule has 1 aliphatic heterocycles. The molecule has 3 rings (SSSR count). The third-order valence-corrected chi connectivity index (χ3v) is 4.67. The third-order valence-electron chi connectivity index (χ3n) is 4.67. The summed E-state index contributed by atoms with van der Waals surface area (Å²) in [6, 6.07) is 8.11. The minimum absolute atomic E-state index is 0.0445. The van der Waals surface area contributed by atoms with Gasteiger partial charge in [-0.05, 0) is 50.3 Å². The van der Waals surface area contributed by atoms with Gasteiger partial charge in [-0.3, -0.25) is 0 Å². The maximum absolute atomic E-state index is 6.26. The van der Waals surface area contributed by atoms with Crippen molar-refractivity contribution in [1.29, 1.82) is 0 Å². The van der Waals surface area contributed by atoms with Crippen molar-refractivity contribution in [2.24, 2.45) is 5.73 Å². The predicted octanol–water partition coefficient (Wildman–Crippen LogP) is 3.58. The maximum Gasteiger partial charge on any atom is 0.119 e. The molecule has 0 radical (unpaired) electrons. The van der Waals surface area contributed by atoms with Gasteiger partial charge < -0.3 is 15.2 Å². The molecule has 110 valence electrons. The lowest BCUT2D eigenvalue weighted by Gasteiger charge is -2.23. The van der Waals surface area contributed by atoms with Crippen LogP contribution in [0.5, 0.6) is 5.75 Å². The molecule has 3 heteroatoms. The van der Waals surface area contributed by atoms with Crippen LogP contribution in [0, 0.1) is 0 Å². The molecule has 1 aliphatic carbocycles. The lowest BCUT2D eigenvalue weighted by Crippen LogP contribution is -2.27. The van der Waals surface area contributed by atoms with E-state index in [0.29, 0.717) is 6.61 Å². The summed E-state index contributed by atoms with van der Waals surface area (Å²) in [5.74, 6) is 0.899. The van der Waals surface area contributed by atoms with Crippen LogP contribution in [0.2, 0.25) is 0 Å². The van der Waals surface area contributed by atoms with Gasteiger partial charge in [0.1, 0.15) is 12.4 Å². The van der Waals surface area contributed by atoms with Crippen molar-refractivity contribution in [1.82, 2.24) is 0 Å². The van der Waals surface area contributed by atoms with Gasteiger partial charge in [-0.15, -0.1) is 0 Å². The monoisotopic (exact) mass is 275 g/mol. The van der Waals surface area contributed by atoms with Gasteiger partial charge in [0.25, 0.3) is 0 Å². The minimum Gasteiger partial charge on any atom is -0.491 e. The summed E-state index contributed by atoms with van der Waals surface area (Å²) in [6.45, 7) is 2.65. The van der Waals surface area contributed by atoms with Gasteiger partial charge >= 0.3 is 0 Å². The first-order valence-corrected chi connectivity index (χ1v) is 7.83. The van der Waals surface area contributed by atoms with Gasteiger partial charge in [-0.25, -0.2) is 0 Å². The maximum atomic E-state index is 6.26. The van der Waals surface area contributed by atoms with E-state index in [-0.39, 0.29) is 17.7 Å². The zero-order valence-electron chi connectivity index (χ0n) is 12.3. The van der Waals surface area contributed by atoms with Crippen molar-refractivity contribution in [2.75, 3.05) is 6.61 Å². The van der Waals surface area contributed by atoms with Crippen LogP contribution in [-0.4, -0.2) is 18.3 Å². The number of nitrogens with two attached hydrogens (primary N) is 1. The average Bonchev–Trinajstić information content (AvgIpc) is 3.08. The number of ether oxygens (including phenoxy) is 2. The van der Waals surface area contributed by atoms with Gasteiger partial charge in [0, 0.05) is 6.04 Å². The lowest BCUT2D eigenvalue weighted by atomic mass is 9.98. The molecule has 0 amide bonds. The summed E-state index contributed by atoms with van der Waals surface area (Å²) in [4.78, 5) is 0. The van der Waals surface area contributed by atoms with Crippen molar-refractivity contribution in [3.8, 4) is 5.75 Å². The number of benzene rings is 1. The van der Waals surface area contributed by atoms with E-state index >= 15 is 0 Å². The SMILES string of the molecule is C[C@H](N)c1cccc(OCC2CCC3(CCCC3)O2)c1. The van der Waals surface area contributed by atoms with Crippen molar-refractivity contribution >= 4 is 0 Å². The quantitative estimate of drug-likeness (QED) is 0.913. The Morgan fingerprint density at radius 3 is 2.90 bits per heavy atom. The van der Waals surface area contributed by atoms with Crippen molar-refractivity contribution in [2.45, 2.75) is 63.2 Å². The molecule has 0 aromatic heterocycles. The Morgan fingerprint density at radius 1 is 1.35 bits per heavy atom. The Hall–Kier alpha value is -1.06. The van der Waals surface area contributed by atoms with E-state index in [2.05, 4.69) is 0 Å². The number of hydrogen-bond donors (Lipinski definition) is 1. The molecule has 1 heterocycles. The van der Waals surface area contributed by atoms with E-state index in [4.69, 9.17) is 15.2 Å². The Labute approximate surface area is 121 Å². The highest BCUT2D eigenvalue weighted by Gasteiger charge is 2.42. The minimum atomic E-state index is 0.0445. The van der Waals surface area contributed by atoms with Gasteiger partial charge in [0.15, 0.2) is 0 Å². The Kier molecular flexibility index (Phi) is 3.99. The van der Waals surface area contributed by atoms with Crippen LogP contribution in [0.25, 0.3) is 0 Å². The Balaban J connectivity index is 1.54. The molecule has 1 aromatic carbocycles. The van der Waals surface area contributed by atoms with Crippen LogP contribution in [0.15, 0.2) is 24.3 Å². The van der Waals surface area contributed by atoms with E-state index in [0.717, 1.165) is 17.7 Å². The Bertz CT molecular complexity index is 452. The van der Waals surface area contributed by atoms with E-state index in [1.165, 1.54) is 32.1 Å². The molecule has 1 spiro atoms. The van der Waals surface area contributed by atoms with Crippen molar-refractivity contribution < 1.29 is 9.47 Å². The van der Waals surface area contributed by atoms with Gasteiger partial charge in [-0.2, -0.15) is 0 Å². The first-order chi connectivity index (χ1) is 9.67. The zero-order chi connectivity index (χ0) is 14.0. The number of hydrogen-bond acceptors (Lipinski definition) is 3. The average molecular weight is 275 g/mol. The molecule has 1 unspecified atom stereocenters. The summed E-state index contributed by atoms with van der Waals surface area (Å²) in [6.07, 6.45) is 7.72. The zero-order valence-corrected chi connectivity index (χ0v) is 12.3. The van der Waals surface area contributed by atoms with Crippen LogP contribution in [0.1, 0.15) is 57.1 Å². The summed E-state index contributed by atoms with van der Waals surface area (Å²) >= 11 is 0. The fourth-order valence-corrected chi connectivity index (χ4v) is 3.48. The van der Waals surface area contributed by atoms with E-state index < -0.39 is 0 Å². The van der Waals surface area contributed by atoms with Crippen LogP contribution >= 0.6 is 0 Å². The molecule has 2 fully saturated rings. The first kappa shape index (κ1) is 13.9. The second kappa shape index (κ2) is 5.74. The van der Waals surface area contributed by atoms with Crippen LogP contribution in [0.3, 0.4) is 0 Å². The molecule has 0 bridgehead atoms.